The summed E-state index contributed by atoms with van der Waals surface area (Å²) in [4.78, 5) is 16.6. The first kappa shape index (κ1) is 17.7. The predicted octanol–water partition coefficient (Wildman–Crippen LogP) is 4.46. The van der Waals surface area contributed by atoms with Crippen molar-refractivity contribution in [3.05, 3.63) is 90.0 Å². The third-order valence-corrected chi connectivity index (χ3v) is 4.58. The van der Waals surface area contributed by atoms with Crippen LogP contribution in [-0.4, -0.2) is 20.5 Å². The van der Waals surface area contributed by atoms with Gasteiger partial charge < -0.3 is 10.6 Å². The van der Waals surface area contributed by atoms with Crippen LogP contribution < -0.4 is 10.6 Å². The van der Waals surface area contributed by atoms with E-state index in [1.165, 1.54) is 0 Å². The Morgan fingerprint density at radius 1 is 1.07 bits per heavy atom. The van der Waals surface area contributed by atoms with Crippen molar-refractivity contribution in [2.75, 3.05) is 10.6 Å². The van der Waals surface area contributed by atoms with Gasteiger partial charge in [0.2, 0.25) is 0 Å². The quantitative estimate of drug-likeness (QED) is 0.543. The molecule has 6 heteroatoms. The maximum atomic E-state index is 12.5. The number of nitrogens with zero attached hydrogens (tertiary/aromatic N) is 3. The molecule has 1 atom stereocenters. The molecule has 0 aliphatic carbocycles. The van der Waals surface area contributed by atoms with Crippen molar-refractivity contribution >= 4 is 22.8 Å². The summed E-state index contributed by atoms with van der Waals surface area (Å²) in [6.45, 7) is 4.00. The number of hydrogen-bond donors (Lipinski definition) is 2. The summed E-state index contributed by atoms with van der Waals surface area (Å²) < 4.78 is 1.83. The Morgan fingerprint density at radius 3 is 2.82 bits per heavy atom. The molecule has 28 heavy (non-hydrogen) atoms. The van der Waals surface area contributed by atoms with Gasteiger partial charge in [-0.15, -0.1) is 0 Å². The van der Waals surface area contributed by atoms with Crippen LogP contribution in [0.4, 0.5) is 11.4 Å². The van der Waals surface area contributed by atoms with Crippen LogP contribution in [0.25, 0.3) is 5.52 Å². The lowest BCUT2D eigenvalue weighted by molar-refractivity contribution is 0.102. The van der Waals surface area contributed by atoms with Gasteiger partial charge in [-0.25, -0.2) is 4.52 Å². The number of hydrogen-bond acceptors (Lipinski definition) is 4. The molecule has 1 unspecified atom stereocenters. The first-order chi connectivity index (χ1) is 13.6. The van der Waals surface area contributed by atoms with Crippen LogP contribution >= 0.6 is 0 Å². The number of carbonyl (C=O) groups excluding carboxylic acids is 1. The van der Waals surface area contributed by atoms with Crippen LogP contribution in [0.1, 0.15) is 34.5 Å². The van der Waals surface area contributed by atoms with E-state index < -0.39 is 0 Å². The van der Waals surface area contributed by atoms with Crippen molar-refractivity contribution in [3.8, 4) is 0 Å². The Morgan fingerprint density at radius 2 is 1.96 bits per heavy atom. The van der Waals surface area contributed by atoms with Gasteiger partial charge in [0.25, 0.3) is 5.91 Å². The second-order valence-corrected chi connectivity index (χ2v) is 6.79. The molecule has 2 N–H and O–H groups in total. The van der Waals surface area contributed by atoms with E-state index in [-0.39, 0.29) is 11.9 Å². The Kier molecular flexibility index (Phi) is 4.76. The Labute approximate surface area is 163 Å². The average molecular weight is 371 g/mol. The fraction of sp³-hybridized carbons (Fsp3) is 0.136. The maximum Gasteiger partial charge on any atom is 0.257 e. The molecule has 1 amide bonds. The highest BCUT2D eigenvalue weighted by Gasteiger charge is 2.11. The zero-order valence-electron chi connectivity index (χ0n) is 15.8. The fourth-order valence-electron chi connectivity index (χ4n) is 3.13. The number of fused-ring (bicyclic) bond motifs is 1. The molecule has 0 spiro atoms. The predicted molar refractivity (Wildman–Crippen MR) is 111 cm³/mol. The Balaban J connectivity index is 1.50. The molecule has 0 radical (unpaired) electrons. The minimum atomic E-state index is -0.170. The second kappa shape index (κ2) is 7.52. The summed E-state index contributed by atoms with van der Waals surface area (Å²) in [6, 6.07) is 15.7. The summed E-state index contributed by atoms with van der Waals surface area (Å²) in [5, 5.41) is 10.8. The van der Waals surface area contributed by atoms with Gasteiger partial charge in [-0.1, -0.05) is 18.2 Å². The minimum absolute atomic E-state index is 0.0469. The number of carbonyl (C=O) groups is 1. The summed E-state index contributed by atoms with van der Waals surface area (Å²) in [6.07, 6.45) is 7.04. The van der Waals surface area contributed by atoms with Gasteiger partial charge in [0.15, 0.2) is 0 Å². The third kappa shape index (κ3) is 3.71. The zero-order chi connectivity index (χ0) is 19.5. The summed E-state index contributed by atoms with van der Waals surface area (Å²) in [7, 11) is 0. The number of pyridine rings is 2. The van der Waals surface area contributed by atoms with E-state index in [0.717, 1.165) is 28.0 Å². The topological polar surface area (TPSA) is 71.3 Å². The van der Waals surface area contributed by atoms with Crippen molar-refractivity contribution < 1.29 is 4.79 Å². The molecule has 0 saturated carbocycles. The van der Waals surface area contributed by atoms with Gasteiger partial charge in [-0.2, -0.15) is 5.10 Å². The van der Waals surface area contributed by atoms with Crippen LogP contribution in [0.2, 0.25) is 0 Å². The molecule has 3 heterocycles. The standard InChI is InChI=1S/C22H21N5O/c1-15-10-18(13-23-12-15)22(28)26-19-7-5-6-17(11-19)16(2)25-20-14-24-27-9-4-3-8-21(20)27/h3-14,16,25H,1-2H3,(H,26,28). The van der Waals surface area contributed by atoms with Crippen molar-refractivity contribution in [1.82, 2.24) is 14.6 Å². The lowest BCUT2D eigenvalue weighted by Crippen LogP contribution is -2.13. The van der Waals surface area contributed by atoms with Crippen LogP contribution in [0.15, 0.2) is 73.3 Å². The Bertz CT molecular complexity index is 1130. The van der Waals surface area contributed by atoms with Gasteiger partial charge in [-0.05, 0) is 55.3 Å². The van der Waals surface area contributed by atoms with Crippen LogP contribution in [0, 0.1) is 6.92 Å². The van der Waals surface area contributed by atoms with Crippen molar-refractivity contribution in [3.63, 3.8) is 0 Å². The highest BCUT2D eigenvalue weighted by atomic mass is 16.1. The normalized spacial score (nSPS) is 11.9. The van der Waals surface area contributed by atoms with Crippen molar-refractivity contribution in [2.24, 2.45) is 0 Å². The van der Waals surface area contributed by atoms with Gasteiger partial charge in [0.05, 0.1) is 23.0 Å². The monoisotopic (exact) mass is 371 g/mol. The SMILES string of the molecule is Cc1cncc(C(=O)Nc2cccc(C(C)Nc3cnn4ccccc34)c2)c1. The molecule has 1 aromatic carbocycles. The molecular formula is C22H21N5O. The number of anilines is 2. The number of amides is 1. The van der Waals surface area contributed by atoms with Crippen LogP contribution in [-0.2, 0) is 0 Å². The van der Waals surface area contributed by atoms with E-state index in [9.17, 15) is 4.79 Å². The summed E-state index contributed by atoms with van der Waals surface area (Å²) in [5.41, 5.74) is 5.29. The molecule has 0 fully saturated rings. The number of aromatic nitrogens is 3. The van der Waals surface area contributed by atoms with Crippen LogP contribution in [0.3, 0.4) is 0 Å². The summed E-state index contributed by atoms with van der Waals surface area (Å²) in [5.74, 6) is -0.170. The van der Waals surface area contributed by atoms with E-state index in [4.69, 9.17) is 0 Å². The van der Waals surface area contributed by atoms with E-state index in [0.29, 0.717) is 5.56 Å². The number of rotatable bonds is 5. The lowest BCUT2D eigenvalue weighted by Gasteiger charge is -2.16. The first-order valence-corrected chi connectivity index (χ1v) is 9.12. The highest BCUT2D eigenvalue weighted by molar-refractivity contribution is 6.04. The van der Waals surface area contributed by atoms with Gasteiger partial charge in [0.1, 0.15) is 0 Å². The van der Waals surface area contributed by atoms with E-state index in [2.05, 4.69) is 27.6 Å². The number of benzene rings is 1. The zero-order valence-corrected chi connectivity index (χ0v) is 15.8. The van der Waals surface area contributed by atoms with Gasteiger partial charge in [-0.3, -0.25) is 9.78 Å². The molecule has 4 aromatic rings. The maximum absolute atomic E-state index is 12.5. The third-order valence-electron chi connectivity index (χ3n) is 4.58. The molecule has 6 nitrogen and oxygen atoms in total. The molecule has 0 aliphatic rings. The molecule has 140 valence electrons. The lowest BCUT2D eigenvalue weighted by atomic mass is 10.1. The van der Waals surface area contributed by atoms with E-state index in [1.54, 1.807) is 12.4 Å². The van der Waals surface area contributed by atoms with E-state index in [1.807, 2.05) is 72.4 Å². The van der Waals surface area contributed by atoms with Crippen LogP contribution in [0.5, 0.6) is 0 Å². The second-order valence-electron chi connectivity index (χ2n) is 6.79. The molecule has 0 saturated heterocycles. The van der Waals surface area contributed by atoms with Crippen molar-refractivity contribution in [2.45, 2.75) is 19.9 Å². The first-order valence-electron chi connectivity index (χ1n) is 9.12. The molecular weight excluding hydrogens is 350 g/mol. The molecule has 0 aliphatic heterocycles. The average Bonchev–Trinajstić information content (AvgIpc) is 3.11. The Hall–Kier alpha value is -3.67. The van der Waals surface area contributed by atoms with Gasteiger partial charge >= 0.3 is 0 Å². The smallest absolute Gasteiger partial charge is 0.257 e. The highest BCUT2D eigenvalue weighted by Crippen LogP contribution is 2.24. The van der Waals surface area contributed by atoms with Crippen molar-refractivity contribution in [1.29, 1.82) is 0 Å². The molecule has 0 bridgehead atoms. The molecule has 4 rings (SSSR count). The minimum Gasteiger partial charge on any atom is -0.375 e. The number of aryl methyl sites for hydroxylation is 1. The summed E-state index contributed by atoms with van der Waals surface area (Å²) >= 11 is 0. The number of nitrogens with one attached hydrogen (secondary N) is 2. The van der Waals surface area contributed by atoms with Gasteiger partial charge in [0, 0.05) is 30.3 Å². The largest absolute Gasteiger partial charge is 0.375 e. The fourth-order valence-corrected chi connectivity index (χ4v) is 3.13. The molecule has 3 aromatic heterocycles. The van der Waals surface area contributed by atoms with E-state index >= 15 is 0 Å².